The van der Waals surface area contributed by atoms with Gasteiger partial charge >= 0.3 is 0 Å². The average Bonchev–Trinajstić information content (AvgIpc) is 2.54. The molecule has 4 nitrogen and oxygen atoms in total. The second kappa shape index (κ2) is 11.6. The molecule has 0 bridgehead atoms. The number of aryl methyl sites for hydroxylation is 1. The van der Waals surface area contributed by atoms with Crippen LogP contribution in [-0.2, 0) is 11.2 Å². The first-order chi connectivity index (χ1) is 11.1. The molecule has 3 N–H and O–H groups in total. The zero-order chi connectivity index (χ0) is 16.7. The Morgan fingerprint density at radius 1 is 1.12 bits per heavy atom. The number of nitrogens with one attached hydrogen (secondary N) is 1. The van der Waals surface area contributed by atoms with E-state index in [0.29, 0.717) is 18.7 Å². The number of anilines is 2. The summed E-state index contributed by atoms with van der Waals surface area (Å²) in [6.45, 7) is 6.56. The number of carbonyl (C=O) groups excluding carboxylic acids is 1. The van der Waals surface area contributed by atoms with Gasteiger partial charge in [0.2, 0.25) is 5.91 Å². The van der Waals surface area contributed by atoms with Gasteiger partial charge in [0, 0.05) is 31.0 Å². The first-order valence-electron chi connectivity index (χ1n) is 8.01. The van der Waals surface area contributed by atoms with Crippen LogP contribution in [0.4, 0.5) is 11.4 Å². The van der Waals surface area contributed by atoms with Gasteiger partial charge < -0.3 is 16.0 Å². The highest BCUT2D eigenvalue weighted by atomic mass is 35.5. The molecule has 2 aromatic rings. The normalized spacial score (nSPS) is 9.52. The number of rotatable bonds is 7. The minimum Gasteiger partial charge on any atom is -0.399 e. The van der Waals surface area contributed by atoms with E-state index in [1.165, 1.54) is 11.3 Å². The highest BCUT2D eigenvalue weighted by molar-refractivity contribution is 5.85. The summed E-state index contributed by atoms with van der Waals surface area (Å²) >= 11 is 0. The number of nitrogens with two attached hydrogens (primary N) is 1. The zero-order valence-electron chi connectivity index (χ0n) is 14.7. The number of nitrogens with zero attached hydrogens (tertiary/aromatic N) is 1. The van der Waals surface area contributed by atoms with Crippen LogP contribution in [0.15, 0.2) is 48.5 Å². The number of nitrogen functional groups attached to an aromatic ring is 1. The third kappa shape index (κ3) is 7.67. The second-order valence-electron chi connectivity index (χ2n) is 5.69. The Bertz CT molecular complexity index is 647. The topological polar surface area (TPSA) is 58.4 Å². The molecule has 0 aromatic heterocycles. The molecule has 0 heterocycles. The maximum atomic E-state index is 12.0. The fourth-order valence-corrected chi connectivity index (χ4v) is 2.51. The summed E-state index contributed by atoms with van der Waals surface area (Å²) in [4.78, 5) is 14.3. The summed E-state index contributed by atoms with van der Waals surface area (Å²) in [5.41, 5.74) is 9.77. The molecule has 0 fully saturated rings. The van der Waals surface area contributed by atoms with Crippen LogP contribution in [0.5, 0.6) is 0 Å². The van der Waals surface area contributed by atoms with Crippen LogP contribution in [0.25, 0.3) is 0 Å². The summed E-state index contributed by atoms with van der Waals surface area (Å²) in [6, 6.07) is 15.8. The molecule has 6 heteroatoms. The number of amides is 1. The third-order valence-electron chi connectivity index (χ3n) is 3.80. The van der Waals surface area contributed by atoms with Crippen molar-refractivity contribution in [3.63, 3.8) is 0 Å². The van der Waals surface area contributed by atoms with E-state index >= 15 is 0 Å². The molecule has 0 atom stereocenters. The van der Waals surface area contributed by atoms with Crippen molar-refractivity contribution < 1.29 is 4.79 Å². The third-order valence-corrected chi connectivity index (χ3v) is 3.80. The summed E-state index contributed by atoms with van der Waals surface area (Å²) in [5, 5.41) is 2.98. The van der Waals surface area contributed by atoms with E-state index in [9.17, 15) is 4.79 Å². The lowest BCUT2D eigenvalue weighted by Crippen LogP contribution is -2.35. The van der Waals surface area contributed by atoms with E-state index < -0.39 is 0 Å². The lowest BCUT2D eigenvalue weighted by atomic mass is 10.1. The lowest BCUT2D eigenvalue weighted by molar-refractivity contribution is -0.120. The molecular formula is C19H27Cl2N3O. The van der Waals surface area contributed by atoms with E-state index in [2.05, 4.69) is 48.3 Å². The number of halogens is 2. The predicted octanol–water partition coefficient (Wildman–Crippen LogP) is 3.61. The summed E-state index contributed by atoms with van der Waals surface area (Å²) in [5.74, 6) is 0.0371. The Morgan fingerprint density at radius 3 is 2.40 bits per heavy atom. The Balaban J connectivity index is 0.00000288. The smallest absolute Gasteiger partial charge is 0.224 e. The maximum absolute atomic E-state index is 12.0. The van der Waals surface area contributed by atoms with Crippen molar-refractivity contribution in [3.8, 4) is 0 Å². The van der Waals surface area contributed by atoms with E-state index in [1.54, 1.807) is 0 Å². The van der Waals surface area contributed by atoms with Gasteiger partial charge in [0.15, 0.2) is 0 Å². The second-order valence-corrected chi connectivity index (χ2v) is 5.69. The first kappa shape index (κ1) is 23.1. The Labute approximate surface area is 162 Å². The van der Waals surface area contributed by atoms with Crippen molar-refractivity contribution in [3.05, 3.63) is 59.7 Å². The molecule has 2 aromatic carbocycles. The number of benzene rings is 2. The van der Waals surface area contributed by atoms with Crippen LogP contribution in [0.2, 0.25) is 0 Å². The highest BCUT2D eigenvalue weighted by Gasteiger charge is 2.06. The molecule has 0 aliphatic carbocycles. The molecule has 0 aliphatic heterocycles. The molecule has 1 amide bonds. The largest absolute Gasteiger partial charge is 0.399 e. The van der Waals surface area contributed by atoms with Crippen LogP contribution in [0, 0.1) is 6.92 Å². The van der Waals surface area contributed by atoms with Gasteiger partial charge in [-0.25, -0.2) is 0 Å². The van der Waals surface area contributed by atoms with Crippen molar-refractivity contribution in [2.24, 2.45) is 0 Å². The molecule has 0 saturated heterocycles. The molecule has 2 rings (SSSR count). The average molecular weight is 384 g/mol. The van der Waals surface area contributed by atoms with Gasteiger partial charge in [0.25, 0.3) is 0 Å². The van der Waals surface area contributed by atoms with E-state index in [-0.39, 0.29) is 30.7 Å². The minimum absolute atomic E-state index is 0. The standard InChI is InChI=1S/C19H25N3O.2ClH/c1-3-22(18-6-4-5-15(2)13-18)12-11-21-19(23)14-16-7-9-17(20)10-8-16;;/h4-10,13H,3,11-12,14,20H2,1-2H3,(H,21,23);2*1H. The Hall–Kier alpha value is -1.91. The van der Waals surface area contributed by atoms with Gasteiger partial charge in [-0.2, -0.15) is 0 Å². The van der Waals surface area contributed by atoms with Gasteiger partial charge in [0.05, 0.1) is 6.42 Å². The molecule has 0 unspecified atom stereocenters. The molecule has 138 valence electrons. The fourth-order valence-electron chi connectivity index (χ4n) is 2.51. The van der Waals surface area contributed by atoms with Gasteiger partial charge in [-0.15, -0.1) is 24.8 Å². The number of carbonyl (C=O) groups is 1. The van der Waals surface area contributed by atoms with Crippen LogP contribution in [-0.4, -0.2) is 25.5 Å². The van der Waals surface area contributed by atoms with E-state index in [4.69, 9.17) is 5.73 Å². The van der Waals surface area contributed by atoms with Gasteiger partial charge in [0.1, 0.15) is 0 Å². The lowest BCUT2D eigenvalue weighted by Gasteiger charge is -2.23. The predicted molar refractivity (Wildman–Crippen MR) is 111 cm³/mol. The number of hydrogen-bond donors (Lipinski definition) is 2. The highest BCUT2D eigenvalue weighted by Crippen LogP contribution is 2.15. The van der Waals surface area contributed by atoms with Gasteiger partial charge in [-0.3, -0.25) is 4.79 Å². The minimum atomic E-state index is 0. The van der Waals surface area contributed by atoms with Crippen molar-refractivity contribution in [1.29, 1.82) is 0 Å². The van der Waals surface area contributed by atoms with E-state index in [0.717, 1.165) is 18.7 Å². The molecule has 0 saturated carbocycles. The Kier molecular flexibility index (Phi) is 10.7. The molecule has 0 spiro atoms. The summed E-state index contributed by atoms with van der Waals surface area (Å²) in [7, 11) is 0. The van der Waals surface area contributed by atoms with Crippen LogP contribution in [0.3, 0.4) is 0 Å². The SMILES string of the molecule is CCN(CCNC(=O)Cc1ccc(N)cc1)c1cccc(C)c1.Cl.Cl. The number of hydrogen-bond acceptors (Lipinski definition) is 3. The van der Waals surface area contributed by atoms with Gasteiger partial charge in [-0.1, -0.05) is 24.3 Å². The summed E-state index contributed by atoms with van der Waals surface area (Å²) in [6.07, 6.45) is 0.386. The van der Waals surface area contributed by atoms with Crippen molar-refractivity contribution in [1.82, 2.24) is 5.32 Å². The zero-order valence-corrected chi connectivity index (χ0v) is 16.3. The first-order valence-corrected chi connectivity index (χ1v) is 8.01. The van der Waals surface area contributed by atoms with Crippen molar-refractivity contribution >= 4 is 42.1 Å². The molecule has 25 heavy (non-hydrogen) atoms. The molecular weight excluding hydrogens is 357 g/mol. The number of likely N-dealkylation sites (N-methyl/N-ethyl adjacent to an activating group) is 1. The van der Waals surface area contributed by atoms with Crippen LogP contribution >= 0.6 is 24.8 Å². The van der Waals surface area contributed by atoms with Crippen molar-refractivity contribution in [2.75, 3.05) is 30.3 Å². The molecule has 0 radical (unpaired) electrons. The monoisotopic (exact) mass is 383 g/mol. The van der Waals surface area contributed by atoms with Crippen LogP contribution < -0.4 is 16.0 Å². The Morgan fingerprint density at radius 2 is 1.80 bits per heavy atom. The van der Waals surface area contributed by atoms with Gasteiger partial charge in [-0.05, 0) is 49.2 Å². The quantitative estimate of drug-likeness (QED) is 0.717. The van der Waals surface area contributed by atoms with E-state index in [1.807, 2.05) is 24.3 Å². The fraction of sp³-hybridized carbons (Fsp3) is 0.316. The van der Waals surface area contributed by atoms with Crippen molar-refractivity contribution in [2.45, 2.75) is 20.3 Å². The molecule has 0 aliphatic rings. The maximum Gasteiger partial charge on any atom is 0.224 e. The summed E-state index contributed by atoms with van der Waals surface area (Å²) < 4.78 is 0. The van der Waals surface area contributed by atoms with Crippen LogP contribution in [0.1, 0.15) is 18.1 Å².